The Kier molecular flexibility index (Phi) is 7.23. The van der Waals surface area contributed by atoms with Gasteiger partial charge in [-0.05, 0) is 60.7 Å². The van der Waals surface area contributed by atoms with Gasteiger partial charge in [0.2, 0.25) is 0 Å². The first-order chi connectivity index (χ1) is 15.3. The molecule has 0 radical (unpaired) electrons. The van der Waals surface area contributed by atoms with Crippen molar-refractivity contribution in [2.75, 3.05) is 20.3 Å². The molecule has 2 aromatic rings. The van der Waals surface area contributed by atoms with Gasteiger partial charge in [-0.3, -0.25) is 9.59 Å². The highest BCUT2D eigenvalue weighted by Crippen LogP contribution is 2.40. The normalized spacial score (nSPS) is 17.8. The second-order valence-corrected chi connectivity index (χ2v) is 8.11. The molecule has 6 nitrogen and oxygen atoms in total. The summed E-state index contributed by atoms with van der Waals surface area (Å²) in [5, 5.41) is 11.3. The number of benzene rings is 2. The molecule has 170 valence electrons. The van der Waals surface area contributed by atoms with Crippen molar-refractivity contribution in [3.05, 3.63) is 64.7 Å². The summed E-state index contributed by atoms with van der Waals surface area (Å²) < 4.78 is 11.0. The zero-order chi connectivity index (χ0) is 23.4. The number of methoxy groups -OCH3 is 1. The summed E-state index contributed by atoms with van der Waals surface area (Å²) in [4.78, 5) is 27.4. The Hall–Kier alpha value is -3.28. The van der Waals surface area contributed by atoms with E-state index in [1.54, 1.807) is 31.4 Å². The number of aliphatic hydroxyl groups is 1. The molecule has 1 heterocycles. The number of hydrogen-bond donors (Lipinski definition) is 1. The number of rotatable bonds is 8. The Morgan fingerprint density at radius 2 is 1.78 bits per heavy atom. The number of ketones is 1. The molecule has 0 spiro atoms. The molecule has 3 rings (SSSR count). The summed E-state index contributed by atoms with van der Waals surface area (Å²) in [6, 6.07) is 11.9. The Labute approximate surface area is 189 Å². The molecule has 32 heavy (non-hydrogen) atoms. The van der Waals surface area contributed by atoms with Crippen LogP contribution in [-0.4, -0.2) is 42.0 Å². The zero-order valence-electron chi connectivity index (χ0n) is 19.3. The number of aliphatic hydroxyl groups excluding tert-OH is 1. The third kappa shape index (κ3) is 4.35. The number of carbonyl (C=O) groups excluding carboxylic acids is 2. The molecule has 1 unspecified atom stereocenters. The van der Waals surface area contributed by atoms with Gasteiger partial charge in [0, 0.05) is 12.1 Å². The molecular formula is C26H31NO5. The molecule has 1 N–H and O–H groups in total. The molecule has 0 bridgehead atoms. The third-order valence-corrected chi connectivity index (χ3v) is 5.64. The van der Waals surface area contributed by atoms with Crippen LogP contribution >= 0.6 is 0 Å². The molecule has 1 atom stereocenters. The Bertz CT molecular complexity index is 1020. The fourth-order valence-corrected chi connectivity index (χ4v) is 4.07. The van der Waals surface area contributed by atoms with Gasteiger partial charge in [0.25, 0.3) is 11.7 Å². The van der Waals surface area contributed by atoms with Gasteiger partial charge in [0.1, 0.15) is 17.3 Å². The van der Waals surface area contributed by atoms with E-state index < -0.39 is 17.7 Å². The number of Topliss-reactive ketones (excluding diaryl/α,β-unsaturated/α-hetero) is 1. The maximum atomic E-state index is 13.0. The maximum Gasteiger partial charge on any atom is 0.295 e. The van der Waals surface area contributed by atoms with Crippen molar-refractivity contribution in [3.63, 3.8) is 0 Å². The van der Waals surface area contributed by atoms with Crippen LogP contribution < -0.4 is 9.47 Å². The number of carbonyl (C=O) groups is 2. The summed E-state index contributed by atoms with van der Waals surface area (Å²) >= 11 is 0. The molecule has 2 aromatic carbocycles. The predicted octanol–water partition coefficient (Wildman–Crippen LogP) is 5.05. The number of hydrogen-bond acceptors (Lipinski definition) is 5. The molecule has 1 saturated heterocycles. The van der Waals surface area contributed by atoms with Gasteiger partial charge >= 0.3 is 0 Å². The molecule has 1 aliphatic heterocycles. The quantitative estimate of drug-likeness (QED) is 0.355. The number of ether oxygens (including phenoxy) is 2. The van der Waals surface area contributed by atoms with Crippen LogP contribution in [0.15, 0.2) is 48.0 Å². The number of amides is 1. The van der Waals surface area contributed by atoms with Crippen LogP contribution in [0.3, 0.4) is 0 Å². The monoisotopic (exact) mass is 437 g/mol. The SMILES string of the molecule is CCCN1C(=O)C(=O)/C(=C(\O)c2ccc(OCC)c(C(C)C)c2)C1c1ccc(OC)cc1. The van der Waals surface area contributed by atoms with Gasteiger partial charge < -0.3 is 19.5 Å². The fraction of sp³-hybridized carbons (Fsp3) is 0.385. The van der Waals surface area contributed by atoms with Crippen LogP contribution in [0.5, 0.6) is 11.5 Å². The van der Waals surface area contributed by atoms with Crippen LogP contribution in [0, 0.1) is 0 Å². The van der Waals surface area contributed by atoms with Crippen LogP contribution in [0.4, 0.5) is 0 Å². The average molecular weight is 438 g/mol. The smallest absolute Gasteiger partial charge is 0.295 e. The van der Waals surface area contributed by atoms with Crippen molar-refractivity contribution in [1.82, 2.24) is 4.90 Å². The van der Waals surface area contributed by atoms with E-state index in [2.05, 4.69) is 0 Å². The summed E-state index contributed by atoms with van der Waals surface area (Å²) in [5.74, 6) is 0.143. The van der Waals surface area contributed by atoms with Gasteiger partial charge in [-0.2, -0.15) is 0 Å². The standard InChI is InChI=1S/C26H31NO5/c1-6-14-27-23(17-8-11-19(31-5)12-9-17)22(25(29)26(27)30)24(28)18-10-13-21(32-7-2)20(15-18)16(3)4/h8-13,15-16,23,28H,6-7,14H2,1-5H3/b24-22-. The lowest BCUT2D eigenvalue weighted by molar-refractivity contribution is -0.139. The lowest BCUT2D eigenvalue weighted by Crippen LogP contribution is -2.30. The predicted molar refractivity (Wildman–Crippen MR) is 124 cm³/mol. The highest BCUT2D eigenvalue weighted by Gasteiger charge is 2.45. The second-order valence-electron chi connectivity index (χ2n) is 8.11. The molecule has 1 aliphatic rings. The van der Waals surface area contributed by atoms with E-state index in [0.29, 0.717) is 30.9 Å². The van der Waals surface area contributed by atoms with E-state index in [1.807, 2.05) is 45.9 Å². The van der Waals surface area contributed by atoms with Gasteiger partial charge in [0.15, 0.2) is 0 Å². The van der Waals surface area contributed by atoms with E-state index in [4.69, 9.17) is 9.47 Å². The van der Waals surface area contributed by atoms with Crippen molar-refractivity contribution in [1.29, 1.82) is 0 Å². The van der Waals surface area contributed by atoms with Crippen molar-refractivity contribution in [2.24, 2.45) is 0 Å². The zero-order valence-corrected chi connectivity index (χ0v) is 19.3. The summed E-state index contributed by atoms with van der Waals surface area (Å²) in [5.41, 5.74) is 2.27. The first-order valence-corrected chi connectivity index (χ1v) is 11.0. The summed E-state index contributed by atoms with van der Waals surface area (Å²) in [6.07, 6.45) is 0.695. The lowest BCUT2D eigenvalue weighted by atomic mass is 9.93. The molecule has 1 amide bonds. The largest absolute Gasteiger partial charge is 0.507 e. The van der Waals surface area contributed by atoms with E-state index in [-0.39, 0.29) is 17.3 Å². The average Bonchev–Trinajstić information content (AvgIpc) is 3.04. The molecule has 0 saturated carbocycles. The third-order valence-electron chi connectivity index (χ3n) is 5.64. The minimum Gasteiger partial charge on any atom is -0.507 e. The molecule has 6 heteroatoms. The van der Waals surface area contributed by atoms with Gasteiger partial charge in [-0.15, -0.1) is 0 Å². The molecule has 0 aromatic heterocycles. The maximum absolute atomic E-state index is 13.0. The minimum absolute atomic E-state index is 0.104. The first-order valence-electron chi connectivity index (χ1n) is 11.0. The highest BCUT2D eigenvalue weighted by atomic mass is 16.5. The fourth-order valence-electron chi connectivity index (χ4n) is 4.07. The van der Waals surface area contributed by atoms with E-state index in [1.165, 1.54) is 4.90 Å². The van der Waals surface area contributed by atoms with Crippen LogP contribution in [0.2, 0.25) is 0 Å². The number of nitrogens with zero attached hydrogens (tertiary/aromatic N) is 1. The van der Waals surface area contributed by atoms with Gasteiger partial charge in [-0.1, -0.05) is 32.9 Å². The Morgan fingerprint density at radius 1 is 1.09 bits per heavy atom. The number of likely N-dealkylation sites (tertiary alicyclic amines) is 1. The van der Waals surface area contributed by atoms with Crippen LogP contribution in [0.25, 0.3) is 5.76 Å². The van der Waals surface area contributed by atoms with E-state index >= 15 is 0 Å². The van der Waals surface area contributed by atoms with Crippen molar-refractivity contribution in [3.8, 4) is 11.5 Å². The molecule has 1 fully saturated rings. The van der Waals surface area contributed by atoms with Crippen LogP contribution in [0.1, 0.15) is 62.8 Å². The van der Waals surface area contributed by atoms with Gasteiger partial charge in [0.05, 0.1) is 25.3 Å². The topological polar surface area (TPSA) is 76.1 Å². The van der Waals surface area contributed by atoms with E-state index in [0.717, 1.165) is 16.9 Å². The molecular weight excluding hydrogens is 406 g/mol. The van der Waals surface area contributed by atoms with Gasteiger partial charge in [-0.25, -0.2) is 0 Å². The second kappa shape index (κ2) is 9.90. The summed E-state index contributed by atoms with van der Waals surface area (Å²) in [6.45, 7) is 8.90. The van der Waals surface area contributed by atoms with Crippen molar-refractivity contribution in [2.45, 2.75) is 46.1 Å². The van der Waals surface area contributed by atoms with Crippen molar-refractivity contribution < 1.29 is 24.2 Å². The van der Waals surface area contributed by atoms with Crippen molar-refractivity contribution >= 4 is 17.4 Å². The minimum atomic E-state index is -0.670. The summed E-state index contributed by atoms with van der Waals surface area (Å²) in [7, 11) is 1.58. The molecule has 0 aliphatic carbocycles. The van der Waals surface area contributed by atoms with E-state index in [9.17, 15) is 14.7 Å². The first kappa shape index (κ1) is 23.4. The Morgan fingerprint density at radius 3 is 2.34 bits per heavy atom. The van der Waals surface area contributed by atoms with Crippen LogP contribution in [-0.2, 0) is 9.59 Å². The lowest BCUT2D eigenvalue weighted by Gasteiger charge is -2.25. The highest BCUT2D eigenvalue weighted by molar-refractivity contribution is 6.46. The Balaban J connectivity index is 2.17.